The van der Waals surface area contributed by atoms with Gasteiger partial charge in [-0.15, -0.1) is 0 Å². The Balaban J connectivity index is 1.55. The molecule has 162 valence electrons. The third-order valence-electron chi connectivity index (χ3n) is 5.78. The Morgan fingerprint density at radius 2 is 2.10 bits per heavy atom. The number of nitrogens with zero attached hydrogens (tertiary/aromatic N) is 3. The average molecular weight is 420 g/mol. The summed E-state index contributed by atoms with van der Waals surface area (Å²) >= 11 is 0. The molecule has 0 saturated carbocycles. The van der Waals surface area contributed by atoms with Gasteiger partial charge in [-0.2, -0.15) is 0 Å². The molecule has 0 unspecified atom stereocenters. The fourth-order valence-electron chi connectivity index (χ4n) is 4.22. The molecular formula is C25H29N3O3. The van der Waals surface area contributed by atoms with Crippen molar-refractivity contribution >= 4 is 5.91 Å². The molecule has 3 aromatic rings. The van der Waals surface area contributed by atoms with Gasteiger partial charge in [0.05, 0.1) is 7.11 Å². The van der Waals surface area contributed by atoms with Gasteiger partial charge in [0.15, 0.2) is 5.69 Å². The van der Waals surface area contributed by atoms with Gasteiger partial charge >= 0.3 is 0 Å². The van der Waals surface area contributed by atoms with E-state index in [-0.39, 0.29) is 11.8 Å². The zero-order chi connectivity index (χ0) is 21.8. The number of hydrogen-bond donors (Lipinski definition) is 0. The first-order valence-electron chi connectivity index (χ1n) is 10.9. The number of rotatable bonds is 6. The SMILES string of the molecule is CCCc1cc(C(=O)N2CCC[C@@H](c3cc(-c4cccc(OC)c4)cc(C)n3)C2)no1. The van der Waals surface area contributed by atoms with E-state index in [0.717, 1.165) is 66.3 Å². The van der Waals surface area contributed by atoms with Gasteiger partial charge in [-0.1, -0.05) is 24.2 Å². The molecule has 31 heavy (non-hydrogen) atoms. The van der Waals surface area contributed by atoms with Gasteiger partial charge in [0.25, 0.3) is 5.91 Å². The van der Waals surface area contributed by atoms with Crippen LogP contribution in [0.3, 0.4) is 0 Å². The lowest BCUT2D eigenvalue weighted by Gasteiger charge is -2.32. The average Bonchev–Trinajstić information content (AvgIpc) is 3.27. The summed E-state index contributed by atoms with van der Waals surface area (Å²) < 4.78 is 10.7. The quantitative estimate of drug-likeness (QED) is 0.561. The first-order chi connectivity index (χ1) is 15.1. The van der Waals surface area contributed by atoms with E-state index >= 15 is 0 Å². The number of likely N-dealkylation sites (tertiary alicyclic amines) is 1. The summed E-state index contributed by atoms with van der Waals surface area (Å²) in [7, 11) is 1.68. The smallest absolute Gasteiger partial charge is 0.276 e. The number of benzene rings is 1. The molecule has 0 spiro atoms. The standard InChI is InChI=1S/C25H29N3O3/c1-4-7-22-15-24(27-31-22)25(29)28-11-6-9-19(16-28)23-14-20(12-17(2)26-23)18-8-5-10-21(13-18)30-3/h5,8,10,12-15,19H,4,6-7,9,11,16H2,1-3H3/t19-/m1/s1. The lowest BCUT2D eigenvalue weighted by Crippen LogP contribution is -2.39. The number of piperidine rings is 1. The zero-order valence-electron chi connectivity index (χ0n) is 18.4. The van der Waals surface area contributed by atoms with Crippen LogP contribution in [0.5, 0.6) is 5.75 Å². The Kier molecular flexibility index (Phi) is 6.35. The number of aromatic nitrogens is 2. The zero-order valence-corrected chi connectivity index (χ0v) is 18.4. The first-order valence-corrected chi connectivity index (χ1v) is 10.9. The number of amides is 1. The van der Waals surface area contributed by atoms with Crippen LogP contribution < -0.4 is 4.74 Å². The van der Waals surface area contributed by atoms with Gasteiger partial charge in [-0.05, 0) is 61.6 Å². The van der Waals surface area contributed by atoms with Crippen molar-refractivity contribution in [1.82, 2.24) is 15.0 Å². The molecule has 0 radical (unpaired) electrons. The second-order valence-corrected chi connectivity index (χ2v) is 8.17. The molecule has 0 bridgehead atoms. The van der Waals surface area contributed by atoms with Crippen LogP contribution in [0.4, 0.5) is 0 Å². The highest BCUT2D eigenvalue weighted by Crippen LogP contribution is 2.31. The molecule has 1 aliphatic heterocycles. The maximum Gasteiger partial charge on any atom is 0.276 e. The number of carbonyl (C=O) groups is 1. The van der Waals surface area contributed by atoms with Crippen LogP contribution in [0, 0.1) is 6.92 Å². The van der Waals surface area contributed by atoms with Crippen molar-refractivity contribution < 1.29 is 14.1 Å². The van der Waals surface area contributed by atoms with Crippen molar-refractivity contribution in [1.29, 1.82) is 0 Å². The van der Waals surface area contributed by atoms with Gasteiger partial charge in [0, 0.05) is 42.9 Å². The Bertz CT molecular complexity index is 1060. The van der Waals surface area contributed by atoms with Gasteiger partial charge in [0.2, 0.25) is 0 Å². The lowest BCUT2D eigenvalue weighted by atomic mass is 9.92. The number of methoxy groups -OCH3 is 1. The summed E-state index contributed by atoms with van der Waals surface area (Å²) in [6.07, 6.45) is 3.71. The van der Waals surface area contributed by atoms with Crippen LogP contribution in [0.2, 0.25) is 0 Å². The normalized spacial score (nSPS) is 16.4. The van der Waals surface area contributed by atoms with Crippen molar-refractivity contribution in [3.63, 3.8) is 0 Å². The Morgan fingerprint density at radius 3 is 2.90 bits per heavy atom. The van der Waals surface area contributed by atoms with Crippen LogP contribution in [0.25, 0.3) is 11.1 Å². The summed E-state index contributed by atoms with van der Waals surface area (Å²) in [5.74, 6) is 1.74. The summed E-state index contributed by atoms with van der Waals surface area (Å²) in [6.45, 7) is 5.47. The molecule has 1 amide bonds. The maximum absolute atomic E-state index is 13.0. The molecule has 4 rings (SSSR count). The Morgan fingerprint density at radius 1 is 1.23 bits per heavy atom. The van der Waals surface area contributed by atoms with E-state index in [0.29, 0.717) is 12.2 Å². The minimum absolute atomic E-state index is 0.0588. The molecule has 1 atom stereocenters. The van der Waals surface area contributed by atoms with Crippen molar-refractivity contribution in [3.8, 4) is 16.9 Å². The van der Waals surface area contributed by atoms with E-state index < -0.39 is 0 Å². The summed E-state index contributed by atoms with van der Waals surface area (Å²) in [5, 5.41) is 4.00. The number of hydrogen-bond acceptors (Lipinski definition) is 5. The predicted molar refractivity (Wildman–Crippen MR) is 119 cm³/mol. The molecule has 1 saturated heterocycles. The van der Waals surface area contributed by atoms with Crippen LogP contribution in [-0.4, -0.2) is 41.1 Å². The van der Waals surface area contributed by atoms with Crippen LogP contribution in [-0.2, 0) is 6.42 Å². The van der Waals surface area contributed by atoms with E-state index in [4.69, 9.17) is 14.2 Å². The number of carbonyl (C=O) groups excluding carboxylic acids is 1. The van der Waals surface area contributed by atoms with Crippen LogP contribution in [0.1, 0.15) is 59.7 Å². The van der Waals surface area contributed by atoms with E-state index in [9.17, 15) is 4.79 Å². The number of aryl methyl sites for hydroxylation is 2. The molecule has 1 aliphatic rings. The highest BCUT2D eigenvalue weighted by Gasteiger charge is 2.28. The Hall–Kier alpha value is -3.15. The molecule has 6 nitrogen and oxygen atoms in total. The highest BCUT2D eigenvalue weighted by molar-refractivity contribution is 5.92. The second kappa shape index (κ2) is 9.33. The van der Waals surface area contributed by atoms with Gasteiger partial charge < -0.3 is 14.2 Å². The first kappa shape index (κ1) is 21.1. The third kappa shape index (κ3) is 4.79. The molecule has 6 heteroatoms. The van der Waals surface area contributed by atoms with Crippen molar-refractivity contribution in [2.75, 3.05) is 20.2 Å². The molecule has 1 fully saturated rings. The summed E-state index contributed by atoms with van der Waals surface area (Å²) in [5.41, 5.74) is 4.62. The fourth-order valence-corrected chi connectivity index (χ4v) is 4.22. The number of ether oxygens (including phenoxy) is 1. The second-order valence-electron chi connectivity index (χ2n) is 8.17. The molecule has 0 N–H and O–H groups in total. The molecule has 0 aliphatic carbocycles. The van der Waals surface area contributed by atoms with E-state index in [1.54, 1.807) is 13.2 Å². The van der Waals surface area contributed by atoms with Crippen molar-refractivity contribution in [3.05, 3.63) is 65.3 Å². The summed E-state index contributed by atoms with van der Waals surface area (Å²) in [6, 6.07) is 14.1. The number of pyridine rings is 1. The van der Waals surface area contributed by atoms with Crippen LogP contribution in [0.15, 0.2) is 47.0 Å². The largest absolute Gasteiger partial charge is 0.497 e. The van der Waals surface area contributed by atoms with Crippen molar-refractivity contribution in [2.45, 2.75) is 45.4 Å². The minimum Gasteiger partial charge on any atom is -0.497 e. The monoisotopic (exact) mass is 419 g/mol. The summed E-state index contributed by atoms with van der Waals surface area (Å²) in [4.78, 5) is 19.7. The molecule has 2 aromatic heterocycles. The maximum atomic E-state index is 13.0. The molecule has 3 heterocycles. The van der Waals surface area contributed by atoms with Gasteiger partial charge in [-0.25, -0.2) is 0 Å². The fraction of sp³-hybridized carbons (Fsp3) is 0.400. The minimum atomic E-state index is -0.0588. The lowest BCUT2D eigenvalue weighted by molar-refractivity contribution is 0.0695. The molecular weight excluding hydrogens is 390 g/mol. The van der Waals surface area contributed by atoms with E-state index in [2.05, 4.69) is 30.3 Å². The van der Waals surface area contributed by atoms with Crippen molar-refractivity contribution in [2.24, 2.45) is 0 Å². The van der Waals surface area contributed by atoms with Gasteiger partial charge in [-0.3, -0.25) is 9.78 Å². The topological polar surface area (TPSA) is 68.5 Å². The van der Waals surface area contributed by atoms with E-state index in [1.165, 1.54) is 0 Å². The highest BCUT2D eigenvalue weighted by atomic mass is 16.5. The van der Waals surface area contributed by atoms with Gasteiger partial charge in [0.1, 0.15) is 11.5 Å². The predicted octanol–water partition coefficient (Wildman–Crippen LogP) is 5.03. The van der Waals surface area contributed by atoms with E-state index in [1.807, 2.05) is 30.0 Å². The molecule has 1 aromatic carbocycles. The third-order valence-corrected chi connectivity index (χ3v) is 5.78. The van der Waals surface area contributed by atoms with Crippen LogP contribution >= 0.6 is 0 Å². The Labute approximate surface area is 183 Å².